The van der Waals surface area contributed by atoms with E-state index in [4.69, 9.17) is 0 Å². The summed E-state index contributed by atoms with van der Waals surface area (Å²) in [5.41, 5.74) is 4.44. The molecule has 0 aliphatic heterocycles. The number of rotatable bonds is 0. The van der Waals surface area contributed by atoms with Crippen LogP contribution in [0.2, 0.25) is 0 Å². The van der Waals surface area contributed by atoms with Gasteiger partial charge in [-0.2, -0.15) is 0 Å². The molecule has 0 N–H and O–H groups in total. The second kappa shape index (κ2) is 4.94. The highest BCUT2D eigenvalue weighted by Crippen LogP contribution is 2.45. The molecule has 0 amide bonds. The molecule has 0 saturated heterocycles. The minimum Gasteiger partial charge on any atom is -0.207 e. The van der Waals surface area contributed by atoms with Crippen LogP contribution in [0.15, 0.2) is 36.4 Å². The average molecular weight is 286 g/mol. The van der Waals surface area contributed by atoms with Crippen molar-refractivity contribution in [3.8, 4) is 0 Å². The van der Waals surface area contributed by atoms with Gasteiger partial charge in [-0.05, 0) is 64.8 Å². The van der Waals surface area contributed by atoms with E-state index in [0.717, 1.165) is 24.0 Å². The van der Waals surface area contributed by atoms with Crippen LogP contribution in [0.3, 0.4) is 0 Å². The molecule has 110 valence electrons. The zero-order chi connectivity index (χ0) is 15.2. The molecule has 2 aromatic carbocycles. The number of hydrogen-bond acceptors (Lipinski definition) is 0. The second-order valence-corrected chi connectivity index (χ2v) is 6.99. The van der Waals surface area contributed by atoms with Crippen molar-refractivity contribution in [3.63, 3.8) is 0 Å². The first-order chi connectivity index (χ1) is 9.86. The highest BCUT2D eigenvalue weighted by atomic mass is 19.1. The van der Waals surface area contributed by atoms with Gasteiger partial charge in [0.1, 0.15) is 11.6 Å². The fourth-order valence-electron chi connectivity index (χ4n) is 3.51. The third kappa shape index (κ3) is 2.59. The Kier molecular flexibility index (Phi) is 3.35. The summed E-state index contributed by atoms with van der Waals surface area (Å²) in [6.07, 6.45) is 1.52. The minimum absolute atomic E-state index is 0.0104. The highest BCUT2D eigenvalue weighted by molar-refractivity contribution is 5.46. The number of halogens is 2. The Labute approximate surface area is 124 Å². The molecule has 3 rings (SSSR count). The second-order valence-electron chi connectivity index (χ2n) is 6.99. The van der Waals surface area contributed by atoms with Crippen molar-refractivity contribution >= 4 is 0 Å². The van der Waals surface area contributed by atoms with Crippen molar-refractivity contribution in [2.24, 2.45) is 5.41 Å². The number of benzene rings is 2. The molecule has 0 unspecified atom stereocenters. The van der Waals surface area contributed by atoms with E-state index in [9.17, 15) is 8.78 Å². The molecule has 0 bridgehead atoms. The van der Waals surface area contributed by atoms with Crippen molar-refractivity contribution in [1.29, 1.82) is 0 Å². The molecule has 0 atom stereocenters. The first-order valence-electron chi connectivity index (χ1n) is 7.43. The quantitative estimate of drug-likeness (QED) is 0.621. The van der Waals surface area contributed by atoms with Gasteiger partial charge in [-0.3, -0.25) is 0 Å². The van der Waals surface area contributed by atoms with Gasteiger partial charge in [-0.25, -0.2) is 8.78 Å². The molecule has 0 saturated carbocycles. The summed E-state index contributed by atoms with van der Waals surface area (Å²) in [4.78, 5) is 0. The van der Waals surface area contributed by atoms with E-state index in [1.165, 1.54) is 23.3 Å². The molecular weight excluding hydrogens is 266 g/mol. The maximum Gasteiger partial charge on any atom is 0.123 e. The molecule has 1 aliphatic carbocycles. The van der Waals surface area contributed by atoms with Crippen LogP contribution in [-0.4, -0.2) is 0 Å². The zero-order valence-corrected chi connectivity index (χ0v) is 12.7. The van der Waals surface area contributed by atoms with E-state index in [1.807, 2.05) is 12.1 Å². The summed E-state index contributed by atoms with van der Waals surface area (Å²) in [7, 11) is 0. The Bertz CT molecular complexity index is 627. The Balaban J connectivity index is 2.25. The Morgan fingerprint density at radius 1 is 0.810 bits per heavy atom. The topological polar surface area (TPSA) is 0 Å². The third-order valence-corrected chi connectivity index (χ3v) is 4.36. The summed E-state index contributed by atoms with van der Waals surface area (Å²) in [6, 6.07) is 10.1. The fraction of sp³-hybridized carbons (Fsp3) is 0.368. The van der Waals surface area contributed by atoms with Crippen LogP contribution in [-0.2, 0) is 12.8 Å². The lowest BCUT2D eigenvalue weighted by molar-refractivity contribution is 0.357. The van der Waals surface area contributed by atoms with Gasteiger partial charge in [0.2, 0.25) is 0 Å². The number of hydrogen-bond donors (Lipinski definition) is 0. The van der Waals surface area contributed by atoms with Crippen molar-refractivity contribution in [2.75, 3.05) is 0 Å². The van der Waals surface area contributed by atoms with E-state index in [1.54, 1.807) is 12.1 Å². The lowest BCUT2D eigenvalue weighted by Crippen LogP contribution is -2.21. The minimum atomic E-state index is -0.196. The predicted octanol–water partition coefficient (Wildman–Crippen LogP) is 5.24. The van der Waals surface area contributed by atoms with Crippen LogP contribution in [0.5, 0.6) is 0 Å². The van der Waals surface area contributed by atoms with Gasteiger partial charge in [0.25, 0.3) is 0 Å². The van der Waals surface area contributed by atoms with Gasteiger partial charge in [-0.15, -0.1) is 0 Å². The molecule has 1 aliphatic rings. The monoisotopic (exact) mass is 286 g/mol. The average Bonchev–Trinajstić information content (AvgIpc) is 2.54. The first kappa shape index (κ1) is 14.2. The third-order valence-electron chi connectivity index (χ3n) is 4.36. The van der Waals surface area contributed by atoms with Crippen molar-refractivity contribution in [2.45, 2.75) is 39.5 Å². The summed E-state index contributed by atoms with van der Waals surface area (Å²) >= 11 is 0. The summed E-state index contributed by atoms with van der Waals surface area (Å²) in [6.45, 7) is 6.55. The van der Waals surface area contributed by atoms with E-state index in [2.05, 4.69) is 20.8 Å². The van der Waals surface area contributed by atoms with Gasteiger partial charge in [0.15, 0.2) is 0 Å². The van der Waals surface area contributed by atoms with Gasteiger partial charge < -0.3 is 0 Å². The molecule has 0 radical (unpaired) electrons. The molecule has 0 fully saturated rings. The molecule has 2 heteroatoms. The zero-order valence-electron chi connectivity index (χ0n) is 12.7. The largest absolute Gasteiger partial charge is 0.207 e. The Hall–Kier alpha value is -1.70. The first-order valence-corrected chi connectivity index (χ1v) is 7.43. The lowest BCUT2D eigenvalue weighted by Gasteiger charge is -2.33. The molecule has 0 aromatic heterocycles. The summed E-state index contributed by atoms with van der Waals surface area (Å²) in [5.74, 6) is -0.233. The molecule has 0 nitrogen and oxygen atoms in total. The predicted molar refractivity (Wildman–Crippen MR) is 81.5 cm³/mol. The maximum absolute atomic E-state index is 13.6. The number of fused-ring (bicyclic) bond motifs is 2. The Morgan fingerprint density at radius 3 is 1.62 bits per heavy atom. The molecule has 2 aromatic rings. The lowest BCUT2D eigenvalue weighted by atomic mass is 9.71. The smallest absolute Gasteiger partial charge is 0.123 e. The van der Waals surface area contributed by atoms with Gasteiger partial charge in [0, 0.05) is 5.92 Å². The van der Waals surface area contributed by atoms with Crippen molar-refractivity contribution < 1.29 is 8.78 Å². The SMILES string of the molecule is CC(C)(C)C1c2ccc(F)cc2CCc2cc(F)ccc21. The number of aryl methyl sites for hydroxylation is 2. The Morgan fingerprint density at radius 2 is 1.24 bits per heavy atom. The van der Waals surface area contributed by atoms with E-state index in [0.29, 0.717) is 0 Å². The van der Waals surface area contributed by atoms with E-state index in [-0.39, 0.29) is 23.0 Å². The van der Waals surface area contributed by atoms with Crippen LogP contribution >= 0.6 is 0 Å². The molecule has 0 spiro atoms. The molecule has 21 heavy (non-hydrogen) atoms. The van der Waals surface area contributed by atoms with Crippen molar-refractivity contribution in [3.05, 3.63) is 70.3 Å². The highest BCUT2D eigenvalue weighted by Gasteiger charge is 2.33. The van der Waals surface area contributed by atoms with Crippen LogP contribution in [0.25, 0.3) is 0 Å². The van der Waals surface area contributed by atoms with Gasteiger partial charge in [-0.1, -0.05) is 32.9 Å². The standard InChI is InChI=1S/C19H20F2/c1-19(2,3)18-16-8-6-14(20)10-12(16)4-5-13-11-15(21)7-9-17(13)18/h6-11,18H,4-5H2,1-3H3. The summed E-state index contributed by atoms with van der Waals surface area (Å²) in [5, 5.41) is 0. The normalized spacial score (nSPS) is 15.3. The van der Waals surface area contributed by atoms with Crippen molar-refractivity contribution in [1.82, 2.24) is 0 Å². The van der Waals surface area contributed by atoms with E-state index >= 15 is 0 Å². The molecule has 0 heterocycles. The fourth-order valence-corrected chi connectivity index (χ4v) is 3.51. The molecular formula is C19H20F2. The summed E-state index contributed by atoms with van der Waals surface area (Å²) < 4.78 is 27.2. The van der Waals surface area contributed by atoms with Crippen LogP contribution in [0, 0.1) is 17.0 Å². The van der Waals surface area contributed by atoms with Crippen LogP contribution in [0.4, 0.5) is 8.78 Å². The van der Waals surface area contributed by atoms with Gasteiger partial charge >= 0.3 is 0 Å². The van der Waals surface area contributed by atoms with Crippen LogP contribution < -0.4 is 0 Å². The van der Waals surface area contributed by atoms with E-state index < -0.39 is 0 Å². The van der Waals surface area contributed by atoms with Crippen LogP contribution in [0.1, 0.15) is 48.9 Å². The van der Waals surface area contributed by atoms with Gasteiger partial charge in [0.05, 0.1) is 0 Å². The maximum atomic E-state index is 13.6.